The Kier molecular flexibility index (Phi) is 4.60. The third-order valence-corrected chi connectivity index (χ3v) is 4.73. The van der Waals surface area contributed by atoms with Crippen molar-refractivity contribution in [3.05, 3.63) is 51.2 Å². The maximum absolute atomic E-state index is 13.1. The lowest BCUT2D eigenvalue weighted by Crippen LogP contribution is -2.11. The van der Waals surface area contributed by atoms with Gasteiger partial charge in [-0.1, -0.05) is 11.6 Å². The Morgan fingerprint density at radius 1 is 1.26 bits per heavy atom. The van der Waals surface area contributed by atoms with Gasteiger partial charge in [0.05, 0.1) is 14.5 Å². The predicted molar refractivity (Wildman–Crippen MR) is 75.3 cm³/mol. The molecular formula is C13H9ClF2OS2. The second kappa shape index (κ2) is 6.03. The van der Waals surface area contributed by atoms with Crippen LogP contribution >= 0.6 is 34.7 Å². The van der Waals surface area contributed by atoms with Crippen LogP contribution in [0.15, 0.2) is 35.2 Å². The Morgan fingerprint density at radius 2 is 2.00 bits per heavy atom. The molecule has 0 saturated carbocycles. The number of carbonyl (C=O) groups excluding carboxylic acids is 1. The predicted octanol–water partition coefficient (Wildman–Crippen LogP) is 5.04. The molecule has 1 unspecified atom stereocenters. The van der Waals surface area contributed by atoms with E-state index in [1.165, 1.54) is 29.2 Å². The lowest BCUT2D eigenvalue weighted by Gasteiger charge is -2.09. The summed E-state index contributed by atoms with van der Waals surface area (Å²) in [5.74, 6) is -1.89. The molecule has 0 spiro atoms. The first kappa shape index (κ1) is 14.5. The topological polar surface area (TPSA) is 17.1 Å². The standard InChI is InChI=1S/C13H9ClF2OS2/c1-7(13(17)11-4-5-12(14)19-11)18-8-2-3-9(15)10(16)6-8/h2-7H,1H3. The zero-order chi connectivity index (χ0) is 14.0. The largest absolute Gasteiger partial charge is 0.292 e. The zero-order valence-electron chi connectivity index (χ0n) is 9.82. The van der Waals surface area contributed by atoms with Crippen LogP contribution in [0.25, 0.3) is 0 Å². The van der Waals surface area contributed by atoms with E-state index in [0.717, 1.165) is 12.1 Å². The van der Waals surface area contributed by atoms with Gasteiger partial charge in [-0.2, -0.15) is 0 Å². The first-order chi connectivity index (χ1) is 8.97. The highest BCUT2D eigenvalue weighted by atomic mass is 35.5. The summed E-state index contributed by atoms with van der Waals surface area (Å²) in [7, 11) is 0. The Bertz CT molecular complexity index is 612. The van der Waals surface area contributed by atoms with E-state index in [1.807, 2.05) is 0 Å². The minimum absolute atomic E-state index is 0.0772. The van der Waals surface area contributed by atoms with Crippen molar-refractivity contribution in [3.63, 3.8) is 0 Å². The molecule has 0 aliphatic heterocycles. The number of Topliss-reactive ketones (excluding diaryl/α,β-unsaturated/α-hetero) is 1. The van der Waals surface area contributed by atoms with E-state index in [4.69, 9.17) is 11.6 Å². The molecular weight excluding hydrogens is 310 g/mol. The van der Waals surface area contributed by atoms with Gasteiger partial charge >= 0.3 is 0 Å². The van der Waals surface area contributed by atoms with Crippen LogP contribution in [0.1, 0.15) is 16.6 Å². The molecule has 0 aliphatic rings. The number of hydrogen-bond donors (Lipinski definition) is 0. The molecule has 0 N–H and O–H groups in total. The summed E-state index contributed by atoms with van der Waals surface area (Å²) >= 11 is 8.17. The first-order valence-corrected chi connectivity index (χ1v) is 7.46. The lowest BCUT2D eigenvalue weighted by atomic mass is 10.2. The SMILES string of the molecule is CC(Sc1ccc(F)c(F)c1)C(=O)c1ccc(Cl)s1. The van der Waals surface area contributed by atoms with Gasteiger partial charge in [-0.3, -0.25) is 4.79 Å². The van der Waals surface area contributed by atoms with Crippen molar-refractivity contribution in [2.24, 2.45) is 0 Å². The fourth-order valence-electron chi connectivity index (χ4n) is 1.45. The number of thiophene rings is 1. The minimum atomic E-state index is -0.913. The fourth-order valence-corrected chi connectivity index (χ4v) is 3.56. The monoisotopic (exact) mass is 318 g/mol. The molecule has 1 atom stereocenters. The van der Waals surface area contributed by atoms with Crippen LogP contribution in [0.2, 0.25) is 4.34 Å². The molecule has 0 bridgehead atoms. The molecule has 19 heavy (non-hydrogen) atoms. The molecule has 2 rings (SSSR count). The maximum Gasteiger partial charge on any atom is 0.185 e. The molecule has 1 aromatic heterocycles. The number of ketones is 1. The Labute approximate surface area is 122 Å². The van der Waals surface area contributed by atoms with Gasteiger partial charge in [0.15, 0.2) is 17.4 Å². The molecule has 0 radical (unpaired) electrons. The normalized spacial score (nSPS) is 12.4. The van der Waals surface area contributed by atoms with E-state index in [0.29, 0.717) is 14.1 Å². The number of rotatable bonds is 4. The average Bonchev–Trinajstić information content (AvgIpc) is 2.79. The van der Waals surface area contributed by atoms with Crippen LogP contribution in [0.5, 0.6) is 0 Å². The van der Waals surface area contributed by atoms with Gasteiger partial charge in [0.25, 0.3) is 0 Å². The van der Waals surface area contributed by atoms with Crippen LogP contribution in [0, 0.1) is 11.6 Å². The van der Waals surface area contributed by atoms with Crippen LogP contribution in [-0.4, -0.2) is 11.0 Å². The van der Waals surface area contributed by atoms with E-state index in [-0.39, 0.29) is 11.0 Å². The highest BCUT2D eigenvalue weighted by molar-refractivity contribution is 8.00. The Morgan fingerprint density at radius 3 is 2.58 bits per heavy atom. The summed E-state index contributed by atoms with van der Waals surface area (Å²) in [4.78, 5) is 13.2. The average molecular weight is 319 g/mol. The molecule has 1 aromatic carbocycles. The van der Waals surface area contributed by atoms with E-state index in [2.05, 4.69) is 0 Å². The van der Waals surface area contributed by atoms with E-state index in [9.17, 15) is 13.6 Å². The van der Waals surface area contributed by atoms with Gasteiger partial charge in [0, 0.05) is 4.90 Å². The van der Waals surface area contributed by atoms with Gasteiger partial charge in [0.2, 0.25) is 0 Å². The third-order valence-electron chi connectivity index (χ3n) is 2.39. The van der Waals surface area contributed by atoms with Crippen molar-refractivity contribution < 1.29 is 13.6 Å². The molecule has 0 aliphatic carbocycles. The molecule has 100 valence electrons. The molecule has 6 heteroatoms. The number of carbonyl (C=O) groups is 1. The minimum Gasteiger partial charge on any atom is -0.292 e. The highest BCUT2D eigenvalue weighted by Gasteiger charge is 2.18. The summed E-state index contributed by atoms with van der Waals surface area (Å²) in [6, 6.07) is 6.92. The molecule has 0 saturated heterocycles. The number of thioether (sulfide) groups is 1. The second-order valence-electron chi connectivity index (χ2n) is 3.80. The smallest absolute Gasteiger partial charge is 0.185 e. The Hall–Kier alpha value is -0.910. The van der Waals surface area contributed by atoms with Gasteiger partial charge in [0.1, 0.15) is 0 Å². The molecule has 0 fully saturated rings. The van der Waals surface area contributed by atoms with Crippen molar-refractivity contribution in [3.8, 4) is 0 Å². The fraction of sp³-hybridized carbons (Fsp3) is 0.154. The highest BCUT2D eigenvalue weighted by Crippen LogP contribution is 2.30. The first-order valence-electron chi connectivity index (χ1n) is 5.38. The maximum atomic E-state index is 13.1. The second-order valence-corrected chi connectivity index (χ2v) is 6.93. The number of hydrogen-bond acceptors (Lipinski definition) is 3. The molecule has 1 heterocycles. The molecule has 0 amide bonds. The van der Waals surface area contributed by atoms with Crippen molar-refractivity contribution in [2.75, 3.05) is 0 Å². The van der Waals surface area contributed by atoms with Crippen molar-refractivity contribution in [2.45, 2.75) is 17.1 Å². The summed E-state index contributed by atoms with van der Waals surface area (Å²) in [5, 5.41) is -0.389. The summed E-state index contributed by atoms with van der Waals surface area (Å²) in [5.41, 5.74) is 0. The molecule has 1 nitrogen and oxygen atoms in total. The Balaban J connectivity index is 2.10. The number of halogens is 3. The quantitative estimate of drug-likeness (QED) is 0.580. The summed E-state index contributed by atoms with van der Waals surface area (Å²) in [6.07, 6.45) is 0. The number of benzene rings is 1. The third kappa shape index (κ3) is 3.55. The van der Waals surface area contributed by atoms with Crippen LogP contribution in [0.4, 0.5) is 8.78 Å². The van der Waals surface area contributed by atoms with Gasteiger partial charge < -0.3 is 0 Å². The van der Waals surface area contributed by atoms with Crippen LogP contribution in [-0.2, 0) is 0 Å². The van der Waals surface area contributed by atoms with Crippen LogP contribution < -0.4 is 0 Å². The van der Waals surface area contributed by atoms with Gasteiger partial charge in [-0.25, -0.2) is 8.78 Å². The van der Waals surface area contributed by atoms with Crippen molar-refractivity contribution in [1.82, 2.24) is 0 Å². The van der Waals surface area contributed by atoms with E-state index in [1.54, 1.807) is 19.1 Å². The van der Waals surface area contributed by atoms with Crippen molar-refractivity contribution in [1.29, 1.82) is 0 Å². The molecule has 2 aromatic rings. The summed E-state index contributed by atoms with van der Waals surface area (Å²) in [6.45, 7) is 1.72. The summed E-state index contributed by atoms with van der Waals surface area (Å²) < 4.78 is 26.4. The van der Waals surface area contributed by atoms with Gasteiger partial charge in [-0.05, 0) is 37.3 Å². The lowest BCUT2D eigenvalue weighted by molar-refractivity contribution is 0.0998. The van der Waals surface area contributed by atoms with Crippen LogP contribution in [0.3, 0.4) is 0 Å². The van der Waals surface area contributed by atoms with Crippen molar-refractivity contribution >= 4 is 40.5 Å². The van der Waals surface area contributed by atoms with E-state index < -0.39 is 11.6 Å². The van der Waals surface area contributed by atoms with E-state index >= 15 is 0 Å². The zero-order valence-corrected chi connectivity index (χ0v) is 12.2. The van der Waals surface area contributed by atoms with Gasteiger partial charge in [-0.15, -0.1) is 23.1 Å².